The Hall–Kier alpha value is -1.15. The lowest BCUT2D eigenvalue weighted by Crippen LogP contribution is -2.23. The Kier molecular flexibility index (Phi) is 5.52. The molecule has 2 atom stereocenters. The number of alkyl halides is 3. The van der Waals surface area contributed by atoms with Gasteiger partial charge in [0.25, 0.3) is 0 Å². The van der Waals surface area contributed by atoms with Crippen molar-refractivity contribution in [2.75, 3.05) is 17.3 Å². The number of thiocarbonyl (C=S) groups is 1. The van der Waals surface area contributed by atoms with Crippen LogP contribution in [0, 0.1) is 0 Å². The SMILES string of the molecule is CC(CS(C)=O)Nc1ccc(C(F)(F)F)c(C(N)=S)c1. The first-order valence-electron chi connectivity index (χ1n) is 5.69. The third kappa shape index (κ3) is 4.75. The molecule has 3 nitrogen and oxygen atoms in total. The number of anilines is 1. The van der Waals surface area contributed by atoms with Gasteiger partial charge in [-0.25, -0.2) is 0 Å². The van der Waals surface area contributed by atoms with Crippen molar-refractivity contribution in [2.24, 2.45) is 5.73 Å². The zero-order chi connectivity index (χ0) is 15.5. The third-order valence-electron chi connectivity index (χ3n) is 2.49. The number of hydrogen-bond acceptors (Lipinski definition) is 3. The minimum atomic E-state index is -4.51. The van der Waals surface area contributed by atoms with Crippen molar-refractivity contribution in [1.29, 1.82) is 0 Å². The molecule has 0 aliphatic carbocycles. The number of rotatable bonds is 5. The van der Waals surface area contributed by atoms with Crippen LogP contribution < -0.4 is 11.1 Å². The van der Waals surface area contributed by atoms with Gasteiger partial charge in [0, 0.05) is 40.1 Å². The van der Waals surface area contributed by atoms with E-state index in [0.717, 1.165) is 6.07 Å². The van der Waals surface area contributed by atoms with E-state index < -0.39 is 22.5 Å². The van der Waals surface area contributed by atoms with Gasteiger partial charge in [0.1, 0.15) is 4.99 Å². The van der Waals surface area contributed by atoms with Crippen LogP contribution >= 0.6 is 12.2 Å². The molecule has 0 bridgehead atoms. The average Bonchev–Trinajstić information content (AvgIpc) is 2.25. The summed E-state index contributed by atoms with van der Waals surface area (Å²) in [7, 11) is -0.995. The summed E-state index contributed by atoms with van der Waals surface area (Å²) in [6.45, 7) is 1.79. The van der Waals surface area contributed by atoms with E-state index in [9.17, 15) is 17.4 Å². The molecule has 3 N–H and O–H groups in total. The molecule has 0 spiro atoms. The Morgan fingerprint density at radius 3 is 2.55 bits per heavy atom. The Bertz CT molecular complexity index is 532. The quantitative estimate of drug-likeness (QED) is 0.817. The van der Waals surface area contributed by atoms with Crippen LogP contribution in [0.4, 0.5) is 18.9 Å². The van der Waals surface area contributed by atoms with Gasteiger partial charge in [-0.3, -0.25) is 4.21 Å². The summed E-state index contributed by atoms with van der Waals surface area (Å²) in [6, 6.07) is 3.36. The maximum atomic E-state index is 12.8. The van der Waals surface area contributed by atoms with Crippen molar-refractivity contribution >= 4 is 33.7 Å². The second-order valence-electron chi connectivity index (χ2n) is 4.41. The monoisotopic (exact) mass is 324 g/mol. The van der Waals surface area contributed by atoms with Crippen LogP contribution in [-0.4, -0.2) is 27.2 Å². The van der Waals surface area contributed by atoms with Gasteiger partial charge in [-0.05, 0) is 25.1 Å². The predicted octanol–water partition coefficient (Wildman–Crippen LogP) is 2.52. The van der Waals surface area contributed by atoms with Crippen LogP contribution in [-0.2, 0) is 17.0 Å². The zero-order valence-corrected chi connectivity index (χ0v) is 12.6. The fourth-order valence-electron chi connectivity index (χ4n) is 1.76. The van der Waals surface area contributed by atoms with Gasteiger partial charge in [-0.15, -0.1) is 0 Å². The molecule has 1 rings (SSSR count). The number of hydrogen-bond donors (Lipinski definition) is 2. The van der Waals surface area contributed by atoms with Crippen LogP contribution in [0.3, 0.4) is 0 Å². The van der Waals surface area contributed by atoms with Crippen LogP contribution in [0.15, 0.2) is 18.2 Å². The highest BCUT2D eigenvalue weighted by Gasteiger charge is 2.34. The lowest BCUT2D eigenvalue weighted by atomic mass is 10.1. The summed E-state index contributed by atoms with van der Waals surface area (Å²) in [6.07, 6.45) is -2.95. The van der Waals surface area contributed by atoms with Crippen molar-refractivity contribution in [3.63, 3.8) is 0 Å². The predicted molar refractivity (Wildman–Crippen MR) is 79.3 cm³/mol. The van der Waals surface area contributed by atoms with Crippen molar-refractivity contribution in [2.45, 2.75) is 19.1 Å². The summed E-state index contributed by atoms with van der Waals surface area (Å²) in [5.74, 6) is 0.392. The number of benzene rings is 1. The van der Waals surface area contributed by atoms with Gasteiger partial charge in [-0.2, -0.15) is 13.2 Å². The molecule has 0 radical (unpaired) electrons. The average molecular weight is 324 g/mol. The van der Waals surface area contributed by atoms with Gasteiger partial charge in [0.15, 0.2) is 0 Å². The van der Waals surface area contributed by atoms with Crippen molar-refractivity contribution < 1.29 is 17.4 Å². The van der Waals surface area contributed by atoms with Crippen molar-refractivity contribution in [1.82, 2.24) is 0 Å². The summed E-state index contributed by atoms with van der Waals surface area (Å²) in [5.41, 5.74) is 4.72. The van der Waals surface area contributed by atoms with Crippen LogP contribution in [0.1, 0.15) is 18.1 Å². The Labute approximate surface area is 123 Å². The molecule has 0 aliphatic heterocycles. The van der Waals surface area contributed by atoms with Gasteiger partial charge in [-0.1, -0.05) is 12.2 Å². The van der Waals surface area contributed by atoms with E-state index >= 15 is 0 Å². The molecular weight excluding hydrogens is 309 g/mol. The van der Waals surface area contributed by atoms with E-state index in [4.69, 9.17) is 5.73 Å². The van der Waals surface area contributed by atoms with Crippen molar-refractivity contribution in [3.05, 3.63) is 29.3 Å². The molecule has 0 saturated carbocycles. The number of nitrogens with two attached hydrogens (primary N) is 1. The van der Waals surface area contributed by atoms with E-state index in [1.54, 1.807) is 13.2 Å². The topological polar surface area (TPSA) is 55.1 Å². The summed E-state index contributed by atoms with van der Waals surface area (Å²) in [5, 5.41) is 2.97. The molecule has 1 aromatic carbocycles. The maximum absolute atomic E-state index is 12.8. The third-order valence-corrected chi connectivity index (χ3v) is 3.68. The minimum absolute atomic E-state index is 0.142. The molecule has 112 valence electrons. The maximum Gasteiger partial charge on any atom is 0.417 e. The van der Waals surface area contributed by atoms with Gasteiger partial charge >= 0.3 is 6.18 Å². The highest BCUT2D eigenvalue weighted by atomic mass is 32.2. The lowest BCUT2D eigenvalue weighted by molar-refractivity contribution is -0.137. The second kappa shape index (κ2) is 6.53. The first-order chi connectivity index (χ1) is 9.11. The Morgan fingerprint density at radius 1 is 1.50 bits per heavy atom. The standard InChI is InChI=1S/C12H15F3N2OS2/c1-7(6-20(2)18)17-8-3-4-10(12(13,14)15)9(5-8)11(16)19/h3-5,7,17H,6H2,1-2H3,(H2,16,19). The second-order valence-corrected chi connectivity index (χ2v) is 6.33. The smallest absolute Gasteiger partial charge is 0.389 e. The molecule has 0 saturated heterocycles. The molecule has 8 heteroatoms. The van der Waals surface area contributed by atoms with E-state index in [0.29, 0.717) is 11.4 Å². The molecule has 0 heterocycles. The molecular formula is C12H15F3N2OS2. The number of nitrogens with one attached hydrogen (secondary N) is 1. The van der Waals surface area contributed by atoms with E-state index in [2.05, 4.69) is 17.5 Å². The lowest BCUT2D eigenvalue weighted by Gasteiger charge is -2.17. The summed E-state index contributed by atoms with van der Waals surface area (Å²) < 4.78 is 49.5. The zero-order valence-electron chi connectivity index (χ0n) is 11.0. The van der Waals surface area contributed by atoms with E-state index in [-0.39, 0.29) is 16.6 Å². The highest BCUT2D eigenvalue weighted by Crippen LogP contribution is 2.33. The highest BCUT2D eigenvalue weighted by molar-refractivity contribution is 7.84. The van der Waals surface area contributed by atoms with E-state index in [1.807, 2.05) is 0 Å². The molecule has 0 fully saturated rings. The molecule has 1 aromatic rings. The Morgan fingerprint density at radius 2 is 2.10 bits per heavy atom. The van der Waals surface area contributed by atoms with Gasteiger partial charge in [0.05, 0.1) is 5.56 Å². The van der Waals surface area contributed by atoms with Gasteiger partial charge < -0.3 is 11.1 Å². The first-order valence-corrected chi connectivity index (χ1v) is 7.82. The van der Waals surface area contributed by atoms with E-state index in [1.165, 1.54) is 12.1 Å². The molecule has 0 amide bonds. The largest absolute Gasteiger partial charge is 0.417 e. The molecule has 20 heavy (non-hydrogen) atoms. The van der Waals surface area contributed by atoms with Gasteiger partial charge in [0.2, 0.25) is 0 Å². The minimum Gasteiger partial charge on any atom is -0.389 e. The Balaban J connectivity index is 3.05. The summed E-state index contributed by atoms with van der Waals surface area (Å²) in [4.78, 5) is -0.312. The van der Waals surface area contributed by atoms with Crippen molar-refractivity contribution in [3.8, 4) is 0 Å². The number of halogens is 3. The molecule has 2 unspecified atom stereocenters. The van der Waals surface area contributed by atoms with Crippen LogP contribution in [0.5, 0.6) is 0 Å². The van der Waals surface area contributed by atoms with Crippen LogP contribution in [0.25, 0.3) is 0 Å². The normalized spacial score (nSPS) is 14.7. The summed E-state index contributed by atoms with van der Waals surface area (Å²) >= 11 is 4.66. The fourth-order valence-corrected chi connectivity index (χ4v) is 2.72. The molecule has 0 aliphatic rings. The first kappa shape index (κ1) is 16.9. The molecule has 0 aromatic heterocycles. The fraction of sp³-hybridized carbons (Fsp3) is 0.417. The van der Waals surface area contributed by atoms with Crippen LogP contribution in [0.2, 0.25) is 0 Å².